The molecule has 22 heavy (non-hydrogen) atoms. The average Bonchev–Trinajstić information content (AvgIpc) is 2.96. The summed E-state index contributed by atoms with van der Waals surface area (Å²) in [5.41, 5.74) is 0.446. The van der Waals surface area contributed by atoms with Crippen LogP contribution < -0.4 is 4.90 Å². The van der Waals surface area contributed by atoms with E-state index in [0.717, 1.165) is 11.6 Å². The van der Waals surface area contributed by atoms with Crippen LogP contribution in [0.15, 0.2) is 34.9 Å². The van der Waals surface area contributed by atoms with Gasteiger partial charge in [0.15, 0.2) is 5.82 Å². The van der Waals surface area contributed by atoms with Crippen LogP contribution in [0.1, 0.15) is 11.3 Å². The Hall–Kier alpha value is -2.37. The van der Waals surface area contributed by atoms with Crippen LogP contribution in [0.3, 0.4) is 0 Å². The van der Waals surface area contributed by atoms with E-state index < -0.39 is 0 Å². The van der Waals surface area contributed by atoms with Crippen LogP contribution in [-0.2, 0) is 11.2 Å². The first-order chi connectivity index (χ1) is 10.6. The Morgan fingerprint density at radius 3 is 2.64 bits per heavy atom. The number of nitrogens with zero attached hydrogens (tertiary/aromatic N) is 3. The van der Waals surface area contributed by atoms with Crippen molar-refractivity contribution < 1.29 is 13.7 Å². The van der Waals surface area contributed by atoms with E-state index in [1.807, 2.05) is 13.0 Å². The summed E-state index contributed by atoms with van der Waals surface area (Å²) in [7, 11) is 0. The van der Waals surface area contributed by atoms with Crippen molar-refractivity contribution in [2.45, 2.75) is 13.3 Å². The molecule has 0 spiro atoms. The predicted molar refractivity (Wildman–Crippen MR) is 80.1 cm³/mol. The Labute approximate surface area is 128 Å². The number of anilines is 1. The lowest BCUT2D eigenvalue weighted by Gasteiger charge is -2.34. The first-order valence-electron chi connectivity index (χ1n) is 7.33. The normalized spacial score (nSPS) is 15.2. The highest BCUT2D eigenvalue weighted by atomic mass is 19.1. The number of benzene rings is 1. The van der Waals surface area contributed by atoms with Crippen molar-refractivity contribution in [2.75, 3.05) is 31.1 Å². The van der Waals surface area contributed by atoms with Gasteiger partial charge in [-0.2, -0.15) is 0 Å². The summed E-state index contributed by atoms with van der Waals surface area (Å²) in [4.78, 5) is 16.1. The number of aryl methyl sites for hydroxylation is 1. The molecule has 1 amide bonds. The van der Waals surface area contributed by atoms with Crippen LogP contribution in [0.25, 0.3) is 0 Å². The Morgan fingerprint density at radius 1 is 1.27 bits per heavy atom. The van der Waals surface area contributed by atoms with Gasteiger partial charge in [-0.3, -0.25) is 4.79 Å². The molecule has 116 valence electrons. The number of aromatic nitrogens is 1. The molecular weight excluding hydrogens is 285 g/mol. The summed E-state index contributed by atoms with van der Waals surface area (Å²) in [5.74, 6) is 1.21. The number of carbonyl (C=O) groups is 1. The number of carbonyl (C=O) groups excluding carboxylic acids is 1. The van der Waals surface area contributed by atoms with Gasteiger partial charge < -0.3 is 14.3 Å². The van der Waals surface area contributed by atoms with E-state index in [9.17, 15) is 9.18 Å². The Morgan fingerprint density at radius 2 is 2.00 bits per heavy atom. The number of hydrogen-bond donors (Lipinski definition) is 0. The molecule has 3 rings (SSSR count). The van der Waals surface area contributed by atoms with Gasteiger partial charge in [0.2, 0.25) is 5.91 Å². The van der Waals surface area contributed by atoms with Crippen molar-refractivity contribution in [3.8, 4) is 0 Å². The van der Waals surface area contributed by atoms with E-state index in [1.165, 1.54) is 6.07 Å². The molecule has 1 aromatic heterocycles. The third kappa shape index (κ3) is 3.10. The van der Waals surface area contributed by atoms with Crippen molar-refractivity contribution in [3.05, 3.63) is 47.5 Å². The molecule has 6 heteroatoms. The fourth-order valence-electron chi connectivity index (χ4n) is 2.60. The highest BCUT2D eigenvalue weighted by Crippen LogP contribution is 2.17. The largest absolute Gasteiger partial charge is 0.360 e. The molecule has 1 saturated heterocycles. The Bertz CT molecular complexity index is 663. The van der Waals surface area contributed by atoms with Gasteiger partial charge in [0.25, 0.3) is 0 Å². The maximum Gasteiger partial charge on any atom is 0.227 e. The third-order valence-electron chi connectivity index (χ3n) is 3.87. The van der Waals surface area contributed by atoms with E-state index in [0.29, 0.717) is 31.7 Å². The molecule has 2 heterocycles. The van der Waals surface area contributed by atoms with Gasteiger partial charge in [-0.15, -0.1) is 0 Å². The standard InChI is InChI=1S/C16H18FN3O2/c1-12-10-15(18-22-12)19-6-8-20(9-7-19)16(21)11-13-4-2-3-5-14(13)17/h2-5,10H,6-9,11H2,1H3. The zero-order valence-electron chi connectivity index (χ0n) is 12.5. The zero-order valence-corrected chi connectivity index (χ0v) is 12.5. The van der Waals surface area contributed by atoms with Crippen LogP contribution in [0.5, 0.6) is 0 Å². The van der Waals surface area contributed by atoms with Gasteiger partial charge >= 0.3 is 0 Å². The van der Waals surface area contributed by atoms with Gasteiger partial charge in [-0.05, 0) is 18.6 Å². The van der Waals surface area contributed by atoms with Crippen LogP contribution in [-0.4, -0.2) is 42.1 Å². The lowest BCUT2D eigenvalue weighted by atomic mass is 10.1. The van der Waals surface area contributed by atoms with Crippen molar-refractivity contribution >= 4 is 11.7 Å². The monoisotopic (exact) mass is 303 g/mol. The molecule has 0 bridgehead atoms. The van der Waals surface area contributed by atoms with E-state index in [2.05, 4.69) is 10.1 Å². The molecule has 1 aliphatic heterocycles. The quantitative estimate of drug-likeness (QED) is 0.870. The van der Waals surface area contributed by atoms with Gasteiger partial charge in [0.1, 0.15) is 11.6 Å². The zero-order chi connectivity index (χ0) is 15.5. The first-order valence-corrected chi connectivity index (χ1v) is 7.33. The predicted octanol–water partition coefficient (Wildman–Crippen LogP) is 2.01. The maximum atomic E-state index is 13.6. The summed E-state index contributed by atoms with van der Waals surface area (Å²) in [6.45, 7) is 4.48. The van der Waals surface area contributed by atoms with Gasteiger partial charge in [0, 0.05) is 32.2 Å². The van der Waals surface area contributed by atoms with Gasteiger partial charge in [0.05, 0.1) is 6.42 Å². The Balaban J connectivity index is 1.57. The minimum atomic E-state index is -0.326. The lowest BCUT2D eigenvalue weighted by Crippen LogP contribution is -2.49. The summed E-state index contributed by atoms with van der Waals surface area (Å²) >= 11 is 0. The molecule has 0 atom stereocenters. The minimum Gasteiger partial charge on any atom is -0.360 e. The summed E-state index contributed by atoms with van der Waals surface area (Å²) in [5, 5.41) is 3.99. The second-order valence-electron chi connectivity index (χ2n) is 5.43. The first kappa shape index (κ1) is 14.6. The SMILES string of the molecule is Cc1cc(N2CCN(C(=O)Cc3ccccc3F)CC2)no1. The topological polar surface area (TPSA) is 49.6 Å². The third-order valence-corrected chi connectivity index (χ3v) is 3.87. The van der Waals surface area contributed by atoms with E-state index in [-0.39, 0.29) is 18.1 Å². The number of hydrogen-bond acceptors (Lipinski definition) is 4. The maximum absolute atomic E-state index is 13.6. The lowest BCUT2D eigenvalue weighted by molar-refractivity contribution is -0.130. The molecule has 1 fully saturated rings. The second kappa shape index (κ2) is 6.17. The number of piperazine rings is 1. The molecule has 0 unspecified atom stereocenters. The van der Waals surface area contributed by atoms with Crippen LogP contribution in [0.2, 0.25) is 0 Å². The summed E-state index contributed by atoms with van der Waals surface area (Å²) < 4.78 is 18.7. The molecule has 0 radical (unpaired) electrons. The Kier molecular flexibility index (Phi) is 4.09. The highest BCUT2D eigenvalue weighted by Gasteiger charge is 2.23. The van der Waals surface area contributed by atoms with Crippen molar-refractivity contribution in [1.29, 1.82) is 0 Å². The van der Waals surface area contributed by atoms with Crippen LogP contribution in [0, 0.1) is 12.7 Å². The van der Waals surface area contributed by atoms with Crippen LogP contribution >= 0.6 is 0 Å². The van der Waals surface area contributed by atoms with E-state index >= 15 is 0 Å². The smallest absolute Gasteiger partial charge is 0.227 e. The van der Waals surface area contributed by atoms with Crippen molar-refractivity contribution in [3.63, 3.8) is 0 Å². The molecule has 5 nitrogen and oxygen atoms in total. The molecule has 0 aliphatic carbocycles. The molecule has 1 aliphatic rings. The molecule has 1 aromatic carbocycles. The van der Waals surface area contributed by atoms with Gasteiger partial charge in [-0.1, -0.05) is 23.4 Å². The number of halogens is 1. The number of rotatable bonds is 3. The second-order valence-corrected chi connectivity index (χ2v) is 5.43. The average molecular weight is 303 g/mol. The molecule has 2 aromatic rings. The van der Waals surface area contributed by atoms with E-state index in [1.54, 1.807) is 23.1 Å². The fourth-order valence-corrected chi connectivity index (χ4v) is 2.60. The number of amides is 1. The summed E-state index contributed by atoms with van der Waals surface area (Å²) in [6.07, 6.45) is 0.107. The molecular formula is C16H18FN3O2. The highest BCUT2D eigenvalue weighted by molar-refractivity contribution is 5.79. The van der Waals surface area contributed by atoms with E-state index in [4.69, 9.17) is 4.52 Å². The molecule has 0 N–H and O–H groups in total. The van der Waals surface area contributed by atoms with Crippen molar-refractivity contribution in [2.24, 2.45) is 0 Å². The summed E-state index contributed by atoms with van der Waals surface area (Å²) in [6, 6.07) is 8.30. The van der Waals surface area contributed by atoms with Gasteiger partial charge in [-0.25, -0.2) is 4.39 Å². The fraction of sp³-hybridized carbons (Fsp3) is 0.375. The minimum absolute atomic E-state index is 0.0407. The van der Waals surface area contributed by atoms with Crippen molar-refractivity contribution in [1.82, 2.24) is 10.1 Å². The van der Waals surface area contributed by atoms with Crippen LogP contribution in [0.4, 0.5) is 10.2 Å². The molecule has 0 saturated carbocycles.